The zero-order valence-electron chi connectivity index (χ0n) is 18.5. The lowest BCUT2D eigenvalue weighted by Crippen LogP contribution is -2.56. The molecule has 5 aliphatic carbocycles. The molecule has 9 atom stereocenters. The fourth-order valence-electron chi connectivity index (χ4n) is 7.69. The minimum atomic E-state index is -0.490. The number of rotatable bonds is 1. The Bertz CT molecular complexity index is 791. The van der Waals surface area contributed by atoms with Crippen LogP contribution in [-0.4, -0.2) is 29.1 Å². The number of carbonyl (C=O) groups excluding carboxylic acids is 2. The highest BCUT2D eigenvalue weighted by Gasteiger charge is 2.71. The first-order valence-corrected chi connectivity index (χ1v) is 11.6. The fourth-order valence-corrected chi connectivity index (χ4v) is 7.69. The van der Waals surface area contributed by atoms with E-state index in [-0.39, 0.29) is 34.7 Å². The average molecular weight is 401 g/mol. The highest BCUT2D eigenvalue weighted by atomic mass is 16.5. The van der Waals surface area contributed by atoms with E-state index in [9.17, 15) is 14.7 Å². The first kappa shape index (κ1) is 19.8. The normalized spacial score (nSPS) is 50.6. The summed E-state index contributed by atoms with van der Waals surface area (Å²) in [6, 6.07) is 0. The quantitative estimate of drug-likeness (QED) is 0.526. The van der Waals surface area contributed by atoms with Crippen molar-refractivity contribution < 1.29 is 19.4 Å². The van der Waals surface area contributed by atoms with Gasteiger partial charge < -0.3 is 9.84 Å². The summed E-state index contributed by atoms with van der Waals surface area (Å²) in [6.45, 7) is 10.2. The van der Waals surface area contributed by atoms with Crippen molar-refractivity contribution in [2.75, 3.05) is 0 Å². The van der Waals surface area contributed by atoms with Crippen LogP contribution in [0.1, 0.15) is 73.1 Å². The molecule has 1 unspecified atom stereocenters. The average Bonchev–Trinajstić information content (AvgIpc) is 3.37. The minimum absolute atomic E-state index is 0.0614. The highest BCUT2D eigenvalue weighted by Crippen LogP contribution is 2.71. The van der Waals surface area contributed by atoms with Crippen molar-refractivity contribution in [2.45, 2.75) is 85.4 Å². The molecule has 0 bridgehead atoms. The number of aliphatic hydroxyl groups excluding tert-OH is 1. The molecule has 1 N–H and O–H groups in total. The lowest BCUT2D eigenvalue weighted by Gasteiger charge is -2.58. The molecular weight excluding hydrogens is 364 g/mol. The van der Waals surface area contributed by atoms with Gasteiger partial charge in [0.1, 0.15) is 11.9 Å². The van der Waals surface area contributed by atoms with Crippen LogP contribution in [0.4, 0.5) is 0 Å². The maximum absolute atomic E-state index is 12.9. The van der Waals surface area contributed by atoms with Crippen LogP contribution in [0.15, 0.2) is 11.6 Å². The Morgan fingerprint density at radius 3 is 2.55 bits per heavy atom. The molecule has 0 amide bonds. The second kappa shape index (κ2) is 5.96. The number of aliphatic hydroxyl groups is 1. The van der Waals surface area contributed by atoms with Gasteiger partial charge in [-0.3, -0.25) is 9.59 Å². The SMILES string of the molecule is CC(C)(C)C(=O)O[C@@H]1CC[C@]2(C)C(=C[C@@H](O)C3[C@H]2CC[C@@]2(C)C(=O)[C@@H]4C[C@@H]4[C@H]32)C1. The number of carbonyl (C=O) groups is 2. The number of hydrogen-bond acceptors (Lipinski definition) is 4. The van der Waals surface area contributed by atoms with Gasteiger partial charge in [0.15, 0.2) is 0 Å². The Kier molecular flexibility index (Phi) is 4.07. The summed E-state index contributed by atoms with van der Waals surface area (Å²) in [4.78, 5) is 25.3. The summed E-state index contributed by atoms with van der Waals surface area (Å²) in [5.41, 5.74) is 0.642. The standard InChI is InChI=1S/C25H36O4/c1-23(2,3)22(28)29-14-6-8-24(4)13(10-14)11-18(26)19-17(24)7-9-25(5)20(19)15-12-16(15)21(25)27/h11,14-20,26H,6-10,12H2,1-5H3/t14-,15+,16-,17-,18-,19?,20-,24-,25-/m1/s1. The van der Waals surface area contributed by atoms with Gasteiger partial charge >= 0.3 is 5.97 Å². The van der Waals surface area contributed by atoms with Gasteiger partial charge in [-0.2, -0.15) is 0 Å². The van der Waals surface area contributed by atoms with Gasteiger partial charge in [-0.05, 0) is 82.0 Å². The third-order valence-electron chi connectivity index (χ3n) is 9.43. The highest BCUT2D eigenvalue weighted by molar-refractivity contribution is 5.92. The first-order chi connectivity index (χ1) is 13.5. The van der Waals surface area contributed by atoms with E-state index in [0.29, 0.717) is 23.5 Å². The van der Waals surface area contributed by atoms with E-state index in [1.165, 1.54) is 5.57 Å². The summed E-state index contributed by atoms with van der Waals surface area (Å²) >= 11 is 0. The molecular formula is C25H36O4. The predicted molar refractivity (Wildman–Crippen MR) is 110 cm³/mol. The van der Waals surface area contributed by atoms with Crippen molar-refractivity contribution >= 4 is 11.8 Å². The van der Waals surface area contributed by atoms with Crippen LogP contribution < -0.4 is 0 Å². The summed E-state index contributed by atoms with van der Waals surface area (Å²) in [6.07, 6.45) is 7.21. The summed E-state index contributed by atoms with van der Waals surface area (Å²) in [5.74, 6) is 2.12. The van der Waals surface area contributed by atoms with Gasteiger partial charge in [0.2, 0.25) is 0 Å². The summed E-state index contributed by atoms with van der Waals surface area (Å²) in [7, 11) is 0. The Hall–Kier alpha value is -1.16. The number of fused-ring (bicyclic) bond motifs is 7. The van der Waals surface area contributed by atoms with Crippen molar-refractivity contribution in [3.63, 3.8) is 0 Å². The zero-order chi connectivity index (χ0) is 20.9. The van der Waals surface area contributed by atoms with Gasteiger partial charge in [-0.15, -0.1) is 0 Å². The Labute approximate surface area is 174 Å². The molecule has 0 heterocycles. The second-order valence-electron chi connectivity index (χ2n) is 12.2. The fraction of sp³-hybridized carbons (Fsp3) is 0.840. The van der Waals surface area contributed by atoms with E-state index in [2.05, 4.69) is 19.9 Å². The molecule has 0 spiro atoms. The van der Waals surface area contributed by atoms with Crippen LogP contribution in [0, 0.1) is 45.8 Å². The lowest BCUT2D eigenvalue weighted by atomic mass is 9.46. The molecule has 0 aromatic rings. The summed E-state index contributed by atoms with van der Waals surface area (Å²) < 4.78 is 5.84. The molecule has 0 aromatic heterocycles. The van der Waals surface area contributed by atoms with E-state index in [4.69, 9.17) is 4.74 Å². The van der Waals surface area contributed by atoms with Gasteiger partial charge in [0, 0.05) is 17.8 Å². The smallest absolute Gasteiger partial charge is 0.311 e. The number of esters is 1. The van der Waals surface area contributed by atoms with Crippen molar-refractivity contribution in [3.05, 3.63) is 11.6 Å². The molecule has 0 saturated heterocycles. The van der Waals surface area contributed by atoms with E-state index < -0.39 is 11.5 Å². The monoisotopic (exact) mass is 400 g/mol. The van der Waals surface area contributed by atoms with Crippen molar-refractivity contribution in [1.82, 2.24) is 0 Å². The molecule has 4 nitrogen and oxygen atoms in total. The maximum Gasteiger partial charge on any atom is 0.311 e. The van der Waals surface area contributed by atoms with Crippen LogP contribution in [0.3, 0.4) is 0 Å². The number of hydrogen-bond donors (Lipinski definition) is 1. The van der Waals surface area contributed by atoms with Gasteiger partial charge in [-0.1, -0.05) is 25.5 Å². The van der Waals surface area contributed by atoms with Crippen molar-refractivity contribution in [1.29, 1.82) is 0 Å². The van der Waals surface area contributed by atoms with Crippen LogP contribution in [0.25, 0.3) is 0 Å². The molecule has 29 heavy (non-hydrogen) atoms. The molecule has 0 radical (unpaired) electrons. The Morgan fingerprint density at radius 2 is 1.86 bits per heavy atom. The second-order valence-corrected chi connectivity index (χ2v) is 12.2. The van der Waals surface area contributed by atoms with Crippen LogP contribution in [0.2, 0.25) is 0 Å². The molecule has 5 rings (SSSR count). The van der Waals surface area contributed by atoms with Gasteiger partial charge in [0.25, 0.3) is 0 Å². The van der Waals surface area contributed by atoms with Crippen LogP contribution in [0.5, 0.6) is 0 Å². The van der Waals surface area contributed by atoms with Crippen molar-refractivity contribution in [2.24, 2.45) is 45.8 Å². The van der Waals surface area contributed by atoms with E-state index in [0.717, 1.165) is 38.5 Å². The molecule has 5 aliphatic rings. The zero-order valence-corrected chi connectivity index (χ0v) is 18.5. The Balaban J connectivity index is 1.42. The van der Waals surface area contributed by atoms with Crippen LogP contribution >= 0.6 is 0 Å². The first-order valence-electron chi connectivity index (χ1n) is 11.6. The molecule has 4 heteroatoms. The molecule has 160 valence electrons. The minimum Gasteiger partial charge on any atom is -0.462 e. The largest absolute Gasteiger partial charge is 0.462 e. The maximum atomic E-state index is 12.9. The summed E-state index contributed by atoms with van der Waals surface area (Å²) in [5, 5.41) is 11.2. The van der Waals surface area contributed by atoms with Gasteiger partial charge in [0.05, 0.1) is 11.5 Å². The van der Waals surface area contributed by atoms with E-state index >= 15 is 0 Å². The lowest BCUT2D eigenvalue weighted by molar-refractivity contribution is -0.161. The number of Topliss-reactive ketones (excluding diaryl/α,β-unsaturated/α-hetero) is 1. The molecule has 0 aliphatic heterocycles. The van der Waals surface area contributed by atoms with Gasteiger partial charge in [-0.25, -0.2) is 0 Å². The molecule has 0 aromatic carbocycles. The number of ether oxygens (including phenoxy) is 1. The predicted octanol–water partition coefficient (Wildman–Crippen LogP) is 4.30. The molecule has 4 saturated carbocycles. The van der Waals surface area contributed by atoms with E-state index in [1.54, 1.807) is 0 Å². The third-order valence-corrected chi connectivity index (χ3v) is 9.43. The topological polar surface area (TPSA) is 63.6 Å². The number of ketones is 1. The molecule has 4 fully saturated rings. The third kappa shape index (κ3) is 2.66. The Morgan fingerprint density at radius 1 is 1.17 bits per heavy atom. The van der Waals surface area contributed by atoms with Crippen molar-refractivity contribution in [3.8, 4) is 0 Å². The van der Waals surface area contributed by atoms with Crippen LogP contribution in [-0.2, 0) is 14.3 Å². The van der Waals surface area contributed by atoms with E-state index in [1.807, 2.05) is 20.8 Å².